The van der Waals surface area contributed by atoms with Crippen LogP contribution in [-0.2, 0) is 31.2 Å². The summed E-state index contributed by atoms with van der Waals surface area (Å²) in [6.07, 6.45) is 3.37. The minimum Gasteiger partial charge on any atom is -0.384 e. The van der Waals surface area contributed by atoms with Gasteiger partial charge in [-0.05, 0) is 59.4 Å². The van der Waals surface area contributed by atoms with E-state index in [1.807, 2.05) is 72.6 Å². The molecule has 4 aromatic carbocycles. The van der Waals surface area contributed by atoms with E-state index in [1.54, 1.807) is 0 Å². The molecule has 9 nitrogen and oxygen atoms in total. The quantitative estimate of drug-likeness (QED) is 0.0960. The van der Waals surface area contributed by atoms with Gasteiger partial charge in [-0.15, -0.1) is 0 Å². The van der Waals surface area contributed by atoms with Gasteiger partial charge in [0.2, 0.25) is 5.91 Å². The van der Waals surface area contributed by atoms with E-state index >= 15 is 0 Å². The molecule has 0 aliphatic carbocycles. The molecular weight excluding hydrogens is 536 g/mol. The van der Waals surface area contributed by atoms with Crippen LogP contribution in [0, 0.1) is 5.41 Å². The van der Waals surface area contributed by atoms with Crippen LogP contribution in [0.5, 0.6) is 0 Å². The third kappa shape index (κ3) is 7.01. The molecule has 1 heterocycles. The van der Waals surface area contributed by atoms with Gasteiger partial charge >= 0.3 is 0 Å². The summed E-state index contributed by atoms with van der Waals surface area (Å²) >= 11 is 0. The van der Waals surface area contributed by atoms with Crippen LogP contribution in [0.3, 0.4) is 0 Å². The highest BCUT2D eigenvalue weighted by Crippen LogP contribution is 2.28. The van der Waals surface area contributed by atoms with Crippen LogP contribution in [0.4, 0.5) is 5.69 Å². The average molecular weight is 575 g/mol. The normalized spacial score (nSPS) is 11.1. The summed E-state index contributed by atoms with van der Waals surface area (Å²) in [5.41, 5.74) is 22.1. The lowest BCUT2D eigenvalue weighted by atomic mass is 10.0. The molecule has 0 atom stereocenters. The second-order valence-corrected chi connectivity index (χ2v) is 10.8. The monoisotopic (exact) mass is 574 g/mol. The molecule has 0 radical (unpaired) electrons. The van der Waals surface area contributed by atoms with Crippen LogP contribution in [-0.4, -0.2) is 33.8 Å². The van der Waals surface area contributed by atoms with Gasteiger partial charge in [0, 0.05) is 37.7 Å². The Morgan fingerprint density at radius 2 is 1.70 bits per heavy atom. The number of amidine groups is 1. The van der Waals surface area contributed by atoms with Crippen LogP contribution in [0.15, 0.2) is 89.9 Å². The number of amides is 1. The van der Waals surface area contributed by atoms with Crippen molar-refractivity contribution in [2.45, 2.75) is 38.6 Å². The Labute approximate surface area is 251 Å². The number of benzene rings is 4. The second kappa shape index (κ2) is 13.2. The largest absolute Gasteiger partial charge is 0.384 e. The number of carbonyl (C=O) groups is 1. The maximum Gasteiger partial charge on any atom is 0.227 e. The number of aryl methyl sites for hydroxylation is 3. The van der Waals surface area contributed by atoms with Crippen LogP contribution < -0.4 is 22.1 Å². The Kier molecular flexibility index (Phi) is 9.00. The van der Waals surface area contributed by atoms with E-state index in [0.29, 0.717) is 25.9 Å². The van der Waals surface area contributed by atoms with Crippen molar-refractivity contribution in [1.82, 2.24) is 9.55 Å². The van der Waals surface area contributed by atoms with Gasteiger partial charge in [0.15, 0.2) is 5.96 Å². The number of guanidine groups is 1. The zero-order valence-corrected chi connectivity index (χ0v) is 24.5. The summed E-state index contributed by atoms with van der Waals surface area (Å²) in [5.74, 6) is 1.14. The van der Waals surface area contributed by atoms with Crippen molar-refractivity contribution in [3.63, 3.8) is 0 Å². The van der Waals surface area contributed by atoms with Gasteiger partial charge in [-0.25, -0.2) is 4.98 Å². The number of nitrogens with one attached hydrogen (secondary N) is 1. The predicted octanol–water partition coefficient (Wildman–Crippen LogP) is 4.77. The molecular formula is C34H38N8O. The summed E-state index contributed by atoms with van der Waals surface area (Å²) in [6, 6.07) is 28.3. The minimum atomic E-state index is 0.0437. The number of rotatable bonds is 12. The highest BCUT2D eigenvalue weighted by molar-refractivity contribution is 5.97. The van der Waals surface area contributed by atoms with Gasteiger partial charge in [-0.3, -0.25) is 15.2 Å². The standard InChI is InChI=1S/C34H38N8O/c1-41-30-18-17-27(21-29(30)40-31(41)19-14-23-12-15-25(16-13-23)33(35)36)42(32(43)11-4-5-20-39-34(37)38)22-26-9-6-8-24-7-2-3-10-28(24)26/h2-3,6-10,12-13,15-18,21H,4-5,11,14,19-20,22H2,1H3,(H3,35,36)(H4,37,38,39). The molecule has 7 N–H and O–H groups in total. The molecule has 0 fully saturated rings. The second-order valence-electron chi connectivity index (χ2n) is 10.8. The molecule has 0 saturated heterocycles. The van der Waals surface area contributed by atoms with Crippen molar-refractivity contribution >= 4 is 45.2 Å². The van der Waals surface area contributed by atoms with E-state index in [2.05, 4.69) is 33.8 Å². The minimum absolute atomic E-state index is 0.0437. The van der Waals surface area contributed by atoms with E-state index in [4.69, 9.17) is 27.6 Å². The number of imidazole rings is 1. The molecule has 0 saturated carbocycles. The van der Waals surface area contributed by atoms with Crippen molar-refractivity contribution in [2.75, 3.05) is 11.4 Å². The van der Waals surface area contributed by atoms with Gasteiger partial charge in [-0.2, -0.15) is 0 Å². The topological polar surface area (TPSA) is 152 Å². The molecule has 0 aliphatic heterocycles. The summed E-state index contributed by atoms with van der Waals surface area (Å²) in [5, 5.41) is 9.87. The van der Waals surface area contributed by atoms with E-state index in [-0.39, 0.29) is 17.7 Å². The van der Waals surface area contributed by atoms with E-state index < -0.39 is 0 Å². The Balaban J connectivity index is 1.40. The number of nitrogen functional groups attached to an aromatic ring is 1. The van der Waals surface area contributed by atoms with Gasteiger partial charge in [0.25, 0.3) is 0 Å². The van der Waals surface area contributed by atoms with Gasteiger partial charge in [-0.1, -0.05) is 66.7 Å². The Morgan fingerprint density at radius 3 is 2.47 bits per heavy atom. The highest BCUT2D eigenvalue weighted by atomic mass is 16.2. The first-order chi connectivity index (χ1) is 20.8. The lowest BCUT2D eigenvalue weighted by molar-refractivity contribution is -0.118. The summed E-state index contributed by atoms with van der Waals surface area (Å²) in [4.78, 5) is 24.6. The van der Waals surface area contributed by atoms with Crippen molar-refractivity contribution in [3.8, 4) is 0 Å². The van der Waals surface area contributed by atoms with Crippen LogP contribution in [0.1, 0.15) is 41.8 Å². The number of unbranched alkanes of at least 4 members (excludes halogenated alkanes) is 1. The summed E-state index contributed by atoms with van der Waals surface area (Å²) in [7, 11) is 2.03. The number of hydrogen-bond acceptors (Lipinski definition) is 4. The number of aliphatic imine (C=N–C) groups is 1. The fraction of sp³-hybridized carbons (Fsp3) is 0.235. The molecule has 43 heavy (non-hydrogen) atoms. The number of anilines is 1. The van der Waals surface area contributed by atoms with E-state index in [0.717, 1.165) is 69.3 Å². The molecule has 1 amide bonds. The molecule has 0 bridgehead atoms. The molecule has 9 heteroatoms. The first-order valence-corrected chi connectivity index (χ1v) is 14.5. The third-order valence-corrected chi connectivity index (χ3v) is 7.77. The summed E-state index contributed by atoms with van der Waals surface area (Å²) in [6.45, 7) is 0.956. The molecule has 0 spiro atoms. The van der Waals surface area contributed by atoms with Crippen LogP contribution >= 0.6 is 0 Å². The average Bonchev–Trinajstić information content (AvgIpc) is 3.32. The number of aromatic nitrogens is 2. The number of carbonyl (C=O) groups excluding carboxylic acids is 1. The van der Waals surface area contributed by atoms with Crippen molar-refractivity contribution in [3.05, 3.63) is 107 Å². The number of hydrogen-bond donors (Lipinski definition) is 4. The van der Waals surface area contributed by atoms with E-state index in [9.17, 15) is 4.79 Å². The Bertz CT molecular complexity index is 1780. The molecule has 220 valence electrons. The molecule has 1 aromatic heterocycles. The zero-order valence-electron chi connectivity index (χ0n) is 24.5. The Hall–Kier alpha value is -5.18. The van der Waals surface area contributed by atoms with Gasteiger partial charge in [0.05, 0.1) is 17.6 Å². The molecule has 5 rings (SSSR count). The van der Waals surface area contributed by atoms with E-state index in [1.165, 1.54) is 0 Å². The van der Waals surface area contributed by atoms with Gasteiger partial charge < -0.3 is 26.7 Å². The highest BCUT2D eigenvalue weighted by Gasteiger charge is 2.19. The predicted molar refractivity (Wildman–Crippen MR) is 175 cm³/mol. The molecule has 0 aliphatic rings. The van der Waals surface area contributed by atoms with Crippen LogP contribution in [0.2, 0.25) is 0 Å². The molecule has 0 unspecified atom stereocenters. The lowest BCUT2D eigenvalue weighted by Crippen LogP contribution is -2.30. The number of nitrogens with zero attached hydrogens (tertiary/aromatic N) is 4. The van der Waals surface area contributed by atoms with Crippen molar-refractivity contribution in [1.29, 1.82) is 5.41 Å². The maximum atomic E-state index is 13.7. The zero-order chi connectivity index (χ0) is 30.3. The smallest absolute Gasteiger partial charge is 0.227 e. The Morgan fingerprint density at radius 1 is 0.930 bits per heavy atom. The maximum absolute atomic E-state index is 13.7. The first-order valence-electron chi connectivity index (χ1n) is 14.5. The first kappa shape index (κ1) is 29.3. The van der Waals surface area contributed by atoms with Crippen LogP contribution in [0.25, 0.3) is 21.8 Å². The molecule has 5 aromatic rings. The summed E-state index contributed by atoms with van der Waals surface area (Å²) < 4.78 is 2.11. The fourth-order valence-corrected chi connectivity index (χ4v) is 5.39. The van der Waals surface area contributed by atoms with Crippen molar-refractivity contribution in [2.24, 2.45) is 29.2 Å². The SMILES string of the molecule is Cn1c(CCc2ccc(C(=N)N)cc2)nc2cc(N(Cc3cccc4ccccc34)C(=O)CCCCN=C(N)N)ccc21. The fourth-order valence-electron chi connectivity index (χ4n) is 5.39. The lowest BCUT2D eigenvalue weighted by Gasteiger charge is -2.24. The van der Waals surface area contributed by atoms with Crippen molar-refractivity contribution < 1.29 is 4.79 Å². The van der Waals surface area contributed by atoms with Gasteiger partial charge in [0.1, 0.15) is 11.7 Å². The number of nitrogens with two attached hydrogens (primary N) is 3. The third-order valence-electron chi connectivity index (χ3n) is 7.77. The number of fused-ring (bicyclic) bond motifs is 2.